The number of primary amides is 1. The lowest BCUT2D eigenvalue weighted by atomic mass is 10.1. The van der Waals surface area contributed by atoms with Crippen LogP contribution in [-0.4, -0.2) is 16.4 Å². The number of aryl methyl sites for hydroxylation is 1. The number of nitrogens with two attached hydrogens (primary N) is 1. The number of hydrogen-bond acceptors (Lipinski definition) is 3. The number of fused-ring (bicyclic) bond motifs is 1. The van der Waals surface area contributed by atoms with E-state index in [2.05, 4.69) is 5.32 Å². The minimum atomic E-state index is -0.626. The third kappa shape index (κ3) is 2.99. The molecule has 0 radical (unpaired) electrons. The largest absolute Gasteiger partial charge is 0.366 e. The maximum absolute atomic E-state index is 13.9. The van der Waals surface area contributed by atoms with Crippen LogP contribution in [0.1, 0.15) is 20.7 Å². The highest BCUT2D eigenvalue weighted by molar-refractivity contribution is 6.06. The molecule has 3 aromatic rings. The zero-order valence-electron chi connectivity index (χ0n) is 13.2. The molecule has 2 aromatic carbocycles. The van der Waals surface area contributed by atoms with Crippen LogP contribution in [0.3, 0.4) is 0 Å². The van der Waals surface area contributed by atoms with Crippen LogP contribution in [-0.2, 0) is 7.05 Å². The lowest BCUT2D eigenvalue weighted by molar-refractivity contribution is 0.0998. The summed E-state index contributed by atoms with van der Waals surface area (Å²) in [5.74, 6) is -1.74. The molecule has 7 heteroatoms. The van der Waals surface area contributed by atoms with Crippen LogP contribution >= 0.6 is 0 Å². The lowest BCUT2D eigenvalue weighted by Crippen LogP contribution is -2.23. The van der Waals surface area contributed by atoms with Gasteiger partial charge in [-0.05, 0) is 36.4 Å². The van der Waals surface area contributed by atoms with Crippen molar-refractivity contribution in [3.8, 4) is 0 Å². The Hall–Kier alpha value is -3.48. The van der Waals surface area contributed by atoms with Crippen molar-refractivity contribution in [3.63, 3.8) is 0 Å². The molecule has 0 aliphatic heterocycles. The number of halogens is 1. The molecule has 0 unspecified atom stereocenters. The van der Waals surface area contributed by atoms with Crippen molar-refractivity contribution >= 4 is 28.4 Å². The summed E-state index contributed by atoms with van der Waals surface area (Å²) in [7, 11) is 1.56. The van der Waals surface area contributed by atoms with E-state index in [-0.39, 0.29) is 16.5 Å². The van der Waals surface area contributed by atoms with Gasteiger partial charge in [-0.1, -0.05) is 6.07 Å². The van der Waals surface area contributed by atoms with Crippen LogP contribution in [0, 0.1) is 5.82 Å². The van der Waals surface area contributed by atoms with E-state index in [4.69, 9.17) is 5.73 Å². The zero-order valence-corrected chi connectivity index (χ0v) is 13.2. The van der Waals surface area contributed by atoms with Crippen molar-refractivity contribution in [1.29, 1.82) is 0 Å². The SMILES string of the molecule is Cn1cc(C(=O)Nc2ccc(C(N)=O)cc2)c(=O)c2cccc(F)c21. The number of rotatable bonds is 3. The predicted molar refractivity (Wildman–Crippen MR) is 92.1 cm³/mol. The fourth-order valence-electron chi connectivity index (χ4n) is 2.60. The molecular formula is C18H14FN3O3. The quantitative estimate of drug-likeness (QED) is 0.764. The summed E-state index contributed by atoms with van der Waals surface area (Å²) in [4.78, 5) is 36.0. The summed E-state index contributed by atoms with van der Waals surface area (Å²) < 4.78 is 15.3. The smallest absolute Gasteiger partial charge is 0.261 e. The molecule has 0 spiro atoms. The van der Waals surface area contributed by atoms with Gasteiger partial charge in [0.25, 0.3) is 5.91 Å². The number of benzene rings is 2. The third-order valence-corrected chi connectivity index (χ3v) is 3.82. The number of para-hydroxylation sites is 1. The van der Waals surface area contributed by atoms with Crippen molar-refractivity contribution in [2.24, 2.45) is 12.8 Å². The highest BCUT2D eigenvalue weighted by Crippen LogP contribution is 2.16. The third-order valence-electron chi connectivity index (χ3n) is 3.82. The first-order valence-electron chi connectivity index (χ1n) is 7.37. The fourth-order valence-corrected chi connectivity index (χ4v) is 2.60. The molecule has 1 aromatic heterocycles. The molecule has 0 atom stereocenters. The molecule has 6 nitrogen and oxygen atoms in total. The van der Waals surface area contributed by atoms with E-state index >= 15 is 0 Å². The number of hydrogen-bond donors (Lipinski definition) is 2. The van der Waals surface area contributed by atoms with Crippen LogP contribution in [0.15, 0.2) is 53.5 Å². The van der Waals surface area contributed by atoms with Crippen molar-refractivity contribution < 1.29 is 14.0 Å². The molecule has 25 heavy (non-hydrogen) atoms. The molecule has 3 rings (SSSR count). The number of carbonyl (C=O) groups excluding carboxylic acids is 2. The van der Waals surface area contributed by atoms with Gasteiger partial charge in [0.1, 0.15) is 11.4 Å². The van der Waals surface area contributed by atoms with Gasteiger partial charge in [-0.25, -0.2) is 4.39 Å². The van der Waals surface area contributed by atoms with Crippen molar-refractivity contribution in [2.45, 2.75) is 0 Å². The van der Waals surface area contributed by atoms with Crippen LogP contribution in [0.5, 0.6) is 0 Å². The van der Waals surface area contributed by atoms with Gasteiger partial charge >= 0.3 is 0 Å². The highest BCUT2D eigenvalue weighted by Gasteiger charge is 2.16. The Morgan fingerprint density at radius 2 is 1.80 bits per heavy atom. The van der Waals surface area contributed by atoms with Crippen LogP contribution in [0.4, 0.5) is 10.1 Å². The summed E-state index contributed by atoms with van der Waals surface area (Å²) in [6.45, 7) is 0. The predicted octanol–water partition coefficient (Wildman–Crippen LogP) is 2.03. The topological polar surface area (TPSA) is 94.2 Å². The second kappa shape index (κ2) is 6.20. The second-order valence-corrected chi connectivity index (χ2v) is 5.51. The maximum atomic E-state index is 13.9. The van der Waals surface area contributed by atoms with Crippen LogP contribution in [0.25, 0.3) is 10.9 Å². The Morgan fingerprint density at radius 3 is 2.44 bits per heavy atom. The average Bonchev–Trinajstić information content (AvgIpc) is 2.58. The molecule has 3 N–H and O–H groups in total. The maximum Gasteiger partial charge on any atom is 0.261 e. The van der Waals surface area contributed by atoms with Crippen molar-refractivity contribution in [1.82, 2.24) is 4.57 Å². The van der Waals surface area contributed by atoms with E-state index in [9.17, 15) is 18.8 Å². The zero-order chi connectivity index (χ0) is 18.1. The molecule has 1 heterocycles. The van der Waals surface area contributed by atoms with Gasteiger partial charge in [-0.3, -0.25) is 14.4 Å². The average molecular weight is 339 g/mol. The van der Waals surface area contributed by atoms with E-state index < -0.39 is 23.1 Å². The molecule has 0 aliphatic rings. The Kier molecular flexibility index (Phi) is 4.06. The van der Waals surface area contributed by atoms with E-state index in [1.54, 1.807) is 7.05 Å². The number of anilines is 1. The van der Waals surface area contributed by atoms with Gasteiger partial charge in [0.05, 0.1) is 5.52 Å². The first kappa shape index (κ1) is 16.4. The first-order chi connectivity index (χ1) is 11.9. The molecule has 126 valence electrons. The number of pyridine rings is 1. The van der Waals surface area contributed by atoms with Crippen LogP contribution in [0.2, 0.25) is 0 Å². The van der Waals surface area contributed by atoms with Crippen LogP contribution < -0.4 is 16.5 Å². The standard InChI is InChI=1S/C18H14FN3O3/c1-22-9-13(16(23)12-3-2-4-14(19)15(12)22)18(25)21-11-7-5-10(6-8-11)17(20)24/h2-9H,1H3,(H2,20,24)(H,21,25). The number of aromatic nitrogens is 1. The van der Waals surface area contributed by atoms with E-state index in [0.717, 1.165) is 0 Å². The summed E-state index contributed by atoms with van der Waals surface area (Å²) in [5.41, 5.74) is 5.32. The van der Waals surface area contributed by atoms with Gasteiger partial charge in [0.2, 0.25) is 11.3 Å². The Balaban J connectivity index is 1.99. The highest BCUT2D eigenvalue weighted by atomic mass is 19.1. The number of nitrogens with zero attached hydrogens (tertiary/aromatic N) is 1. The molecule has 0 saturated heterocycles. The number of amides is 2. The summed E-state index contributed by atoms with van der Waals surface area (Å²) >= 11 is 0. The minimum Gasteiger partial charge on any atom is -0.366 e. The number of carbonyl (C=O) groups is 2. The molecule has 0 bridgehead atoms. The van der Waals surface area contributed by atoms with Crippen molar-refractivity contribution in [3.05, 3.63) is 75.8 Å². The van der Waals surface area contributed by atoms with E-state index in [0.29, 0.717) is 11.3 Å². The Morgan fingerprint density at radius 1 is 1.12 bits per heavy atom. The van der Waals surface area contributed by atoms with Crippen molar-refractivity contribution in [2.75, 3.05) is 5.32 Å². The van der Waals surface area contributed by atoms with E-state index in [1.165, 1.54) is 53.2 Å². The first-order valence-corrected chi connectivity index (χ1v) is 7.37. The summed E-state index contributed by atoms with van der Waals surface area (Å²) in [5, 5.41) is 2.70. The number of nitrogens with one attached hydrogen (secondary N) is 1. The Labute approximate surface area is 141 Å². The normalized spacial score (nSPS) is 10.6. The molecular weight excluding hydrogens is 325 g/mol. The molecule has 0 fully saturated rings. The van der Waals surface area contributed by atoms with Gasteiger partial charge in [-0.15, -0.1) is 0 Å². The van der Waals surface area contributed by atoms with Gasteiger partial charge in [0.15, 0.2) is 0 Å². The van der Waals surface area contributed by atoms with Gasteiger partial charge < -0.3 is 15.6 Å². The molecule has 2 amide bonds. The lowest BCUT2D eigenvalue weighted by Gasteiger charge is -2.10. The summed E-state index contributed by atoms with van der Waals surface area (Å²) in [6.07, 6.45) is 1.29. The van der Waals surface area contributed by atoms with Gasteiger partial charge in [0, 0.05) is 29.9 Å². The molecule has 0 aliphatic carbocycles. The fraction of sp³-hybridized carbons (Fsp3) is 0.0556. The summed E-state index contributed by atoms with van der Waals surface area (Å²) in [6, 6.07) is 10.1. The minimum absolute atomic E-state index is 0.112. The van der Waals surface area contributed by atoms with E-state index in [1.807, 2.05) is 0 Å². The van der Waals surface area contributed by atoms with Gasteiger partial charge in [-0.2, -0.15) is 0 Å². The second-order valence-electron chi connectivity index (χ2n) is 5.51. The Bertz CT molecular complexity index is 1060. The molecule has 0 saturated carbocycles. The monoisotopic (exact) mass is 339 g/mol.